The minimum Gasteiger partial charge on any atom is -0.392 e. The Morgan fingerprint density at radius 2 is 1.95 bits per heavy atom. The van der Waals surface area contributed by atoms with Crippen molar-refractivity contribution in [3.05, 3.63) is 41.7 Å². The monoisotopic (exact) mass is 274 g/mol. The van der Waals surface area contributed by atoms with E-state index in [1.54, 1.807) is 7.05 Å². The molecule has 3 unspecified atom stereocenters. The van der Waals surface area contributed by atoms with Crippen molar-refractivity contribution in [1.82, 2.24) is 20.2 Å². The van der Waals surface area contributed by atoms with E-state index < -0.39 is 6.10 Å². The first-order valence-corrected chi connectivity index (χ1v) is 7.07. The van der Waals surface area contributed by atoms with Crippen LogP contribution < -0.4 is 0 Å². The third-order valence-corrected chi connectivity index (χ3v) is 3.80. The normalized spacial score (nSPS) is 15.8. The Bertz CT molecular complexity index is 526. The van der Waals surface area contributed by atoms with Crippen LogP contribution in [0.15, 0.2) is 30.3 Å². The lowest BCUT2D eigenvalue weighted by atomic mass is 9.80. The van der Waals surface area contributed by atoms with Gasteiger partial charge in [-0.3, -0.25) is 0 Å². The summed E-state index contributed by atoms with van der Waals surface area (Å²) in [6.45, 7) is 4.32. The summed E-state index contributed by atoms with van der Waals surface area (Å²) < 4.78 is 0. The summed E-state index contributed by atoms with van der Waals surface area (Å²) in [5.74, 6) is 1.07. The third-order valence-electron chi connectivity index (χ3n) is 3.80. The molecule has 0 saturated heterocycles. The zero-order valence-electron chi connectivity index (χ0n) is 12.3. The molecule has 108 valence electrons. The Labute approximate surface area is 119 Å². The van der Waals surface area contributed by atoms with Gasteiger partial charge in [-0.05, 0) is 16.7 Å². The predicted octanol–water partition coefficient (Wildman–Crippen LogP) is 1.94. The number of aromatic nitrogens is 4. The van der Waals surface area contributed by atoms with Crippen molar-refractivity contribution in [1.29, 1.82) is 0 Å². The average Bonchev–Trinajstić information content (AvgIpc) is 2.85. The lowest BCUT2D eigenvalue weighted by Crippen LogP contribution is -2.27. The highest BCUT2D eigenvalue weighted by Crippen LogP contribution is 2.31. The highest BCUT2D eigenvalue weighted by Gasteiger charge is 2.27. The molecule has 0 radical (unpaired) electrons. The van der Waals surface area contributed by atoms with Gasteiger partial charge in [0.2, 0.25) is 0 Å². The van der Waals surface area contributed by atoms with Gasteiger partial charge in [-0.15, -0.1) is 10.2 Å². The Hall–Kier alpha value is -1.75. The van der Waals surface area contributed by atoms with Gasteiger partial charge in [0, 0.05) is 12.3 Å². The number of nitrogens with zero attached hydrogens (tertiary/aromatic N) is 4. The number of tetrazole rings is 1. The van der Waals surface area contributed by atoms with E-state index in [9.17, 15) is 5.11 Å². The summed E-state index contributed by atoms with van der Waals surface area (Å²) >= 11 is 0. The largest absolute Gasteiger partial charge is 0.392 e. The Morgan fingerprint density at radius 3 is 2.50 bits per heavy atom. The van der Waals surface area contributed by atoms with Gasteiger partial charge in [0.1, 0.15) is 0 Å². The lowest BCUT2D eigenvalue weighted by Gasteiger charge is -2.28. The molecule has 0 fully saturated rings. The number of benzene rings is 1. The molecule has 20 heavy (non-hydrogen) atoms. The van der Waals surface area contributed by atoms with Gasteiger partial charge in [-0.2, -0.15) is 4.80 Å². The number of aliphatic hydroxyl groups excluding tert-OH is 1. The van der Waals surface area contributed by atoms with Gasteiger partial charge < -0.3 is 5.11 Å². The van der Waals surface area contributed by atoms with E-state index in [4.69, 9.17) is 0 Å². The first kappa shape index (κ1) is 14.7. The van der Waals surface area contributed by atoms with E-state index >= 15 is 0 Å². The SMILES string of the molecule is CCC(C)C(c1ccccc1)C(O)Cc1nnn(C)n1. The Kier molecular flexibility index (Phi) is 4.84. The Balaban J connectivity index is 2.18. The number of rotatable bonds is 6. The maximum atomic E-state index is 10.6. The highest BCUT2D eigenvalue weighted by molar-refractivity contribution is 5.22. The van der Waals surface area contributed by atoms with E-state index in [-0.39, 0.29) is 5.92 Å². The fourth-order valence-corrected chi connectivity index (χ4v) is 2.58. The molecule has 1 aromatic carbocycles. The van der Waals surface area contributed by atoms with Crippen LogP contribution in [0.5, 0.6) is 0 Å². The first-order chi connectivity index (χ1) is 9.61. The van der Waals surface area contributed by atoms with Crippen LogP contribution in [0, 0.1) is 5.92 Å². The quantitative estimate of drug-likeness (QED) is 0.874. The molecule has 1 N–H and O–H groups in total. The minimum atomic E-state index is -0.503. The van der Waals surface area contributed by atoms with Gasteiger partial charge in [0.05, 0.1) is 13.2 Å². The fourth-order valence-electron chi connectivity index (χ4n) is 2.58. The van der Waals surface area contributed by atoms with Crippen molar-refractivity contribution in [2.24, 2.45) is 13.0 Å². The zero-order chi connectivity index (χ0) is 14.5. The summed E-state index contributed by atoms with van der Waals surface area (Å²) in [5, 5.41) is 22.5. The van der Waals surface area contributed by atoms with Crippen molar-refractivity contribution in [2.45, 2.75) is 38.7 Å². The summed E-state index contributed by atoms with van der Waals surface area (Å²) in [6.07, 6.45) is 0.943. The number of aliphatic hydroxyl groups is 1. The van der Waals surface area contributed by atoms with E-state index in [1.807, 2.05) is 18.2 Å². The standard InChI is InChI=1S/C15H22N4O/c1-4-11(2)15(12-8-6-5-7-9-12)13(20)10-14-16-18-19(3)17-14/h5-9,11,13,15,20H,4,10H2,1-3H3. The molecule has 0 spiro atoms. The number of hydrogen-bond donors (Lipinski definition) is 1. The maximum absolute atomic E-state index is 10.6. The van der Waals surface area contributed by atoms with Crippen LogP contribution in [0.25, 0.3) is 0 Å². The molecule has 5 nitrogen and oxygen atoms in total. The van der Waals surface area contributed by atoms with Gasteiger partial charge >= 0.3 is 0 Å². The second kappa shape index (κ2) is 6.61. The summed E-state index contributed by atoms with van der Waals surface area (Å²) in [5.41, 5.74) is 1.17. The smallest absolute Gasteiger partial charge is 0.177 e. The van der Waals surface area contributed by atoms with Crippen molar-refractivity contribution in [3.63, 3.8) is 0 Å². The molecule has 1 aromatic heterocycles. The van der Waals surface area contributed by atoms with Gasteiger partial charge in [-0.25, -0.2) is 0 Å². The molecule has 1 heterocycles. The van der Waals surface area contributed by atoms with Crippen molar-refractivity contribution >= 4 is 0 Å². The summed E-state index contributed by atoms with van der Waals surface area (Å²) in [7, 11) is 1.73. The topological polar surface area (TPSA) is 63.8 Å². The molecular weight excluding hydrogens is 252 g/mol. The van der Waals surface area contributed by atoms with Gasteiger partial charge in [-0.1, -0.05) is 50.6 Å². The second-order valence-electron chi connectivity index (χ2n) is 5.29. The molecule has 2 rings (SSSR count). The van der Waals surface area contributed by atoms with Crippen LogP contribution in [-0.4, -0.2) is 31.4 Å². The third kappa shape index (κ3) is 3.42. The Morgan fingerprint density at radius 1 is 1.25 bits per heavy atom. The average molecular weight is 274 g/mol. The maximum Gasteiger partial charge on any atom is 0.177 e. The van der Waals surface area contributed by atoms with Crippen molar-refractivity contribution < 1.29 is 5.11 Å². The molecule has 0 saturated carbocycles. The van der Waals surface area contributed by atoms with Crippen LogP contribution in [0.4, 0.5) is 0 Å². The minimum absolute atomic E-state index is 0.0880. The van der Waals surface area contributed by atoms with Crippen molar-refractivity contribution in [2.75, 3.05) is 0 Å². The first-order valence-electron chi connectivity index (χ1n) is 7.07. The van der Waals surface area contributed by atoms with Crippen LogP contribution in [0.3, 0.4) is 0 Å². The molecule has 0 aliphatic heterocycles. The molecule has 5 heteroatoms. The van der Waals surface area contributed by atoms with E-state index in [1.165, 1.54) is 10.4 Å². The molecule has 0 bridgehead atoms. The zero-order valence-corrected chi connectivity index (χ0v) is 12.3. The van der Waals surface area contributed by atoms with Crippen molar-refractivity contribution in [3.8, 4) is 0 Å². The van der Waals surface area contributed by atoms with Crippen LogP contribution in [0.1, 0.15) is 37.6 Å². The number of hydrogen-bond acceptors (Lipinski definition) is 4. The second-order valence-corrected chi connectivity index (χ2v) is 5.29. The van der Waals surface area contributed by atoms with E-state index in [0.29, 0.717) is 18.2 Å². The molecule has 2 aromatic rings. The van der Waals surface area contributed by atoms with E-state index in [0.717, 1.165) is 6.42 Å². The van der Waals surface area contributed by atoms with Gasteiger partial charge in [0.25, 0.3) is 0 Å². The van der Waals surface area contributed by atoms with Crippen LogP contribution in [-0.2, 0) is 13.5 Å². The number of aryl methyl sites for hydroxylation is 1. The highest BCUT2D eigenvalue weighted by atomic mass is 16.3. The fraction of sp³-hybridized carbons (Fsp3) is 0.533. The van der Waals surface area contributed by atoms with Crippen LogP contribution >= 0.6 is 0 Å². The molecule has 0 amide bonds. The summed E-state index contributed by atoms with van der Waals surface area (Å²) in [6, 6.07) is 10.2. The molecule has 0 aliphatic rings. The summed E-state index contributed by atoms with van der Waals surface area (Å²) in [4.78, 5) is 1.42. The predicted molar refractivity (Wildman–Crippen MR) is 77.1 cm³/mol. The molecule has 0 aliphatic carbocycles. The van der Waals surface area contributed by atoms with E-state index in [2.05, 4.69) is 41.4 Å². The van der Waals surface area contributed by atoms with Crippen LogP contribution in [0.2, 0.25) is 0 Å². The molecule has 3 atom stereocenters. The lowest BCUT2D eigenvalue weighted by molar-refractivity contribution is 0.115. The van der Waals surface area contributed by atoms with Gasteiger partial charge in [0.15, 0.2) is 5.82 Å². The molecular formula is C15H22N4O.